The molecule has 0 fully saturated rings. The standard InChI is InChI=1S/C14H13NO5S/c1-9(13-4-3-7-21-13)14(16)20-11-6-5-10(15(17)18)8-12(11)19-2/h3-9H,1-2H3/t9-/m1/s1. The molecule has 1 atom stereocenters. The van der Waals surface area contributed by atoms with Gasteiger partial charge in [-0.1, -0.05) is 6.07 Å². The minimum atomic E-state index is -0.539. The predicted octanol–water partition coefficient (Wildman–Crippen LogP) is 3.37. The van der Waals surface area contributed by atoms with Gasteiger partial charge in [0.2, 0.25) is 0 Å². The first-order valence-electron chi connectivity index (χ1n) is 6.10. The Morgan fingerprint density at radius 1 is 1.33 bits per heavy atom. The molecule has 110 valence electrons. The molecule has 0 N–H and O–H groups in total. The first-order chi connectivity index (χ1) is 10.0. The zero-order valence-electron chi connectivity index (χ0n) is 11.4. The molecule has 1 aromatic carbocycles. The van der Waals surface area contributed by atoms with Crippen molar-refractivity contribution < 1.29 is 19.2 Å². The lowest BCUT2D eigenvalue weighted by Crippen LogP contribution is -2.15. The van der Waals surface area contributed by atoms with E-state index >= 15 is 0 Å². The van der Waals surface area contributed by atoms with Crippen LogP contribution in [0, 0.1) is 10.1 Å². The van der Waals surface area contributed by atoms with Crippen molar-refractivity contribution in [3.63, 3.8) is 0 Å². The number of hydrogen-bond donors (Lipinski definition) is 0. The summed E-state index contributed by atoms with van der Waals surface area (Å²) in [5.74, 6) is -0.540. The lowest BCUT2D eigenvalue weighted by Gasteiger charge is -2.12. The van der Waals surface area contributed by atoms with E-state index in [1.165, 1.54) is 36.6 Å². The van der Waals surface area contributed by atoms with Gasteiger partial charge in [0.05, 0.1) is 24.0 Å². The summed E-state index contributed by atoms with van der Waals surface area (Å²) in [4.78, 5) is 23.2. The predicted molar refractivity (Wildman–Crippen MR) is 78.0 cm³/mol. The summed E-state index contributed by atoms with van der Waals surface area (Å²) >= 11 is 1.46. The van der Waals surface area contributed by atoms with Gasteiger partial charge in [-0.05, 0) is 24.4 Å². The van der Waals surface area contributed by atoms with Crippen molar-refractivity contribution in [1.29, 1.82) is 0 Å². The van der Waals surface area contributed by atoms with Gasteiger partial charge >= 0.3 is 5.97 Å². The fourth-order valence-corrected chi connectivity index (χ4v) is 2.48. The number of nitro groups is 1. The molecule has 0 saturated carbocycles. The summed E-state index contributed by atoms with van der Waals surface area (Å²) in [6, 6.07) is 7.55. The first-order valence-corrected chi connectivity index (χ1v) is 6.98. The molecule has 1 heterocycles. The second-order valence-electron chi connectivity index (χ2n) is 4.25. The molecule has 21 heavy (non-hydrogen) atoms. The normalized spacial score (nSPS) is 11.7. The van der Waals surface area contributed by atoms with E-state index in [0.717, 1.165) is 4.88 Å². The Hall–Kier alpha value is -2.41. The highest BCUT2D eigenvalue weighted by Gasteiger charge is 2.21. The maximum Gasteiger partial charge on any atom is 0.319 e. The molecular weight excluding hydrogens is 294 g/mol. The van der Waals surface area contributed by atoms with Gasteiger partial charge in [0, 0.05) is 10.9 Å². The highest BCUT2D eigenvalue weighted by atomic mass is 32.1. The number of benzene rings is 1. The molecule has 0 unspecified atom stereocenters. The van der Waals surface area contributed by atoms with Gasteiger partial charge in [0.1, 0.15) is 0 Å². The Morgan fingerprint density at radius 3 is 2.67 bits per heavy atom. The molecule has 0 radical (unpaired) electrons. The Kier molecular flexibility index (Phi) is 4.54. The number of ether oxygens (including phenoxy) is 2. The summed E-state index contributed by atoms with van der Waals surface area (Å²) in [6.45, 7) is 1.74. The van der Waals surface area contributed by atoms with E-state index < -0.39 is 16.8 Å². The zero-order valence-corrected chi connectivity index (χ0v) is 12.3. The molecule has 2 rings (SSSR count). The van der Waals surface area contributed by atoms with Crippen molar-refractivity contribution in [2.24, 2.45) is 0 Å². The molecule has 2 aromatic rings. The first kappa shape index (κ1) is 15.0. The van der Waals surface area contributed by atoms with Crippen molar-refractivity contribution in [2.75, 3.05) is 7.11 Å². The van der Waals surface area contributed by atoms with Crippen molar-refractivity contribution in [3.05, 3.63) is 50.7 Å². The number of rotatable bonds is 5. The van der Waals surface area contributed by atoms with E-state index in [2.05, 4.69) is 0 Å². The van der Waals surface area contributed by atoms with Crippen LogP contribution in [0.3, 0.4) is 0 Å². The van der Waals surface area contributed by atoms with Crippen LogP contribution >= 0.6 is 11.3 Å². The average molecular weight is 307 g/mol. The summed E-state index contributed by atoms with van der Waals surface area (Å²) < 4.78 is 10.3. The molecule has 7 heteroatoms. The molecule has 0 amide bonds. The summed E-state index contributed by atoms with van der Waals surface area (Å²) in [6.07, 6.45) is 0. The second-order valence-corrected chi connectivity index (χ2v) is 5.23. The van der Waals surface area contributed by atoms with Crippen LogP contribution in [0.1, 0.15) is 17.7 Å². The molecule has 6 nitrogen and oxygen atoms in total. The third kappa shape index (κ3) is 3.38. The fourth-order valence-electron chi connectivity index (χ4n) is 1.70. The number of esters is 1. The van der Waals surface area contributed by atoms with Crippen LogP contribution in [0.4, 0.5) is 5.69 Å². The van der Waals surface area contributed by atoms with Gasteiger partial charge in [-0.2, -0.15) is 0 Å². The Balaban J connectivity index is 2.19. The average Bonchev–Trinajstić information content (AvgIpc) is 3.00. The lowest BCUT2D eigenvalue weighted by atomic mass is 10.1. The molecule has 0 saturated heterocycles. The van der Waals surface area contributed by atoms with Crippen molar-refractivity contribution in [1.82, 2.24) is 0 Å². The monoisotopic (exact) mass is 307 g/mol. The summed E-state index contributed by atoms with van der Waals surface area (Å²) in [5.41, 5.74) is -0.127. The van der Waals surface area contributed by atoms with Gasteiger partial charge in [-0.25, -0.2) is 0 Å². The maximum atomic E-state index is 12.1. The van der Waals surface area contributed by atoms with Crippen LogP contribution in [0.5, 0.6) is 11.5 Å². The Morgan fingerprint density at radius 2 is 2.10 bits per heavy atom. The van der Waals surface area contributed by atoms with Gasteiger partial charge in [-0.3, -0.25) is 14.9 Å². The summed E-state index contributed by atoms with van der Waals surface area (Å²) in [7, 11) is 1.36. The van der Waals surface area contributed by atoms with E-state index in [1.54, 1.807) is 6.92 Å². The van der Waals surface area contributed by atoms with E-state index in [1.807, 2.05) is 17.5 Å². The SMILES string of the molecule is COc1cc([N+](=O)[O-])ccc1OC(=O)[C@H](C)c1cccs1. The molecule has 0 spiro atoms. The Bertz CT molecular complexity index is 653. The maximum absolute atomic E-state index is 12.1. The minimum absolute atomic E-state index is 0.127. The highest BCUT2D eigenvalue weighted by Crippen LogP contribution is 2.32. The van der Waals surface area contributed by atoms with Crippen LogP contribution in [-0.4, -0.2) is 18.0 Å². The van der Waals surface area contributed by atoms with Crippen LogP contribution in [-0.2, 0) is 4.79 Å². The molecule has 0 aliphatic heterocycles. The van der Waals surface area contributed by atoms with Gasteiger partial charge < -0.3 is 9.47 Å². The quantitative estimate of drug-likeness (QED) is 0.366. The van der Waals surface area contributed by atoms with Gasteiger partial charge in [0.25, 0.3) is 5.69 Å². The van der Waals surface area contributed by atoms with Crippen molar-refractivity contribution >= 4 is 23.0 Å². The molecule has 0 aliphatic rings. The van der Waals surface area contributed by atoms with Gasteiger partial charge in [0.15, 0.2) is 11.5 Å². The molecule has 0 bridgehead atoms. The number of thiophene rings is 1. The van der Waals surface area contributed by atoms with Crippen molar-refractivity contribution in [3.8, 4) is 11.5 Å². The van der Waals surface area contributed by atoms with E-state index in [4.69, 9.17) is 9.47 Å². The van der Waals surface area contributed by atoms with E-state index in [-0.39, 0.29) is 17.2 Å². The minimum Gasteiger partial charge on any atom is -0.493 e. The smallest absolute Gasteiger partial charge is 0.319 e. The zero-order chi connectivity index (χ0) is 15.4. The number of nitro benzene ring substituents is 1. The van der Waals surface area contributed by atoms with Gasteiger partial charge in [-0.15, -0.1) is 11.3 Å². The lowest BCUT2D eigenvalue weighted by molar-refractivity contribution is -0.384. The van der Waals surface area contributed by atoms with E-state index in [0.29, 0.717) is 0 Å². The fraction of sp³-hybridized carbons (Fsp3) is 0.214. The Labute approximate surface area is 125 Å². The highest BCUT2D eigenvalue weighted by molar-refractivity contribution is 7.10. The number of nitrogens with zero attached hydrogens (tertiary/aromatic N) is 1. The largest absolute Gasteiger partial charge is 0.493 e. The molecule has 1 aromatic heterocycles. The number of hydrogen-bond acceptors (Lipinski definition) is 6. The third-order valence-corrected chi connectivity index (χ3v) is 3.95. The van der Waals surface area contributed by atoms with E-state index in [9.17, 15) is 14.9 Å². The van der Waals surface area contributed by atoms with Crippen LogP contribution < -0.4 is 9.47 Å². The van der Waals surface area contributed by atoms with Crippen LogP contribution in [0.25, 0.3) is 0 Å². The van der Waals surface area contributed by atoms with Crippen LogP contribution in [0.2, 0.25) is 0 Å². The topological polar surface area (TPSA) is 78.7 Å². The number of carbonyl (C=O) groups is 1. The molecular formula is C14H13NO5S. The number of carbonyl (C=O) groups excluding carboxylic acids is 1. The number of methoxy groups -OCH3 is 1. The summed E-state index contributed by atoms with van der Waals surface area (Å²) in [5, 5.41) is 12.6. The second kappa shape index (κ2) is 6.36. The molecule has 0 aliphatic carbocycles. The van der Waals surface area contributed by atoms with Crippen molar-refractivity contribution in [2.45, 2.75) is 12.8 Å². The number of non-ortho nitro benzene ring substituents is 1. The third-order valence-electron chi connectivity index (χ3n) is 2.89. The van der Waals surface area contributed by atoms with Crippen LogP contribution in [0.15, 0.2) is 35.7 Å².